The van der Waals surface area contributed by atoms with E-state index in [1.54, 1.807) is 0 Å². The molecule has 72 heavy (non-hydrogen) atoms. The van der Waals surface area contributed by atoms with E-state index in [0.717, 1.165) is 93.9 Å². The van der Waals surface area contributed by atoms with Gasteiger partial charge in [-0.05, 0) is 114 Å². The molecule has 0 bridgehead atoms. The van der Waals surface area contributed by atoms with Gasteiger partial charge in [-0.15, -0.1) is 0 Å². The maximum Gasteiger partial charge on any atom is 0.195 e. The Morgan fingerprint density at radius 2 is 0.778 bits per heavy atom. The van der Waals surface area contributed by atoms with E-state index in [0.29, 0.717) is 23.2 Å². The molecule has 0 radical (unpaired) electrons. The molecular weight excluding hydrogens is 877 g/mol. The zero-order valence-electron chi connectivity index (χ0n) is 39.6. The first kappa shape index (κ1) is 42.4. The topological polar surface area (TPSA) is 52.9 Å². The molecule has 3 aromatic heterocycles. The number of aryl methyl sites for hydroxylation is 2. The smallest absolute Gasteiger partial charge is 0.195 e. The van der Waals surface area contributed by atoms with E-state index >= 15 is 0 Å². The minimum atomic E-state index is 0.535. The summed E-state index contributed by atoms with van der Waals surface area (Å²) in [6.45, 7) is 13.0. The standard InChI is InChI=1S/C66H44N6/c1-42-22-26-44(27-23-42)48-30-35-61-55(38-48)52-18-10-12-20-59(52)71(61)51-33-34-58(67-3)54(41-51)57-40-50(66-69-64(46-14-6-4-7-15-46)68-65(70-66)47-16-8-5-9-17-47)32-37-63(57)72-60-21-13-11-19-53(60)56-39-49(31-36-62(56)72)45-28-24-43(2)25-29-45/h4-41H,1-2H3. The highest BCUT2D eigenvalue weighted by molar-refractivity contribution is 6.12. The fourth-order valence-electron chi connectivity index (χ4n) is 10.3. The van der Waals surface area contributed by atoms with Crippen LogP contribution in [-0.4, -0.2) is 24.1 Å². The Balaban J connectivity index is 1.07. The summed E-state index contributed by atoms with van der Waals surface area (Å²) in [5.41, 5.74) is 18.1. The quantitative estimate of drug-likeness (QED) is 0.143. The van der Waals surface area contributed by atoms with Crippen molar-refractivity contribution < 1.29 is 0 Å². The first-order valence-corrected chi connectivity index (χ1v) is 24.2. The third kappa shape index (κ3) is 7.31. The van der Waals surface area contributed by atoms with E-state index < -0.39 is 0 Å². The van der Waals surface area contributed by atoms with Crippen LogP contribution in [-0.2, 0) is 0 Å². The Hall–Kier alpha value is -9.70. The van der Waals surface area contributed by atoms with Crippen LogP contribution in [0.15, 0.2) is 231 Å². The first-order chi connectivity index (χ1) is 35.5. The van der Waals surface area contributed by atoms with Crippen LogP contribution in [0.1, 0.15) is 11.1 Å². The van der Waals surface area contributed by atoms with Crippen LogP contribution in [0.4, 0.5) is 5.69 Å². The van der Waals surface area contributed by atoms with E-state index in [-0.39, 0.29) is 0 Å². The largest absolute Gasteiger partial charge is 0.309 e. The van der Waals surface area contributed by atoms with E-state index in [1.807, 2.05) is 66.7 Å². The SMILES string of the molecule is [C-]#[N+]c1ccc(-n2c3ccccc3c3cc(-c4ccc(C)cc4)ccc32)cc1-c1cc(-c2nc(-c3ccccc3)nc(-c3ccccc3)n2)ccc1-n1c2ccccc2c2cc(-c3ccc(C)cc3)ccc21. The first-order valence-electron chi connectivity index (χ1n) is 24.2. The van der Waals surface area contributed by atoms with E-state index in [1.165, 1.54) is 22.3 Å². The Bertz CT molecular complexity index is 4220. The van der Waals surface area contributed by atoms with Crippen LogP contribution in [0.2, 0.25) is 0 Å². The van der Waals surface area contributed by atoms with Gasteiger partial charge in [0, 0.05) is 43.9 Å². The molecule has 0 unspecified atom stereocenters. The summed E-state index contributed by atoms with van der Waals surface area (Å²) in [5, 5.41) is 4.61. The van der Waals surface area contributed by atoms with Gasteiger partial charge in [-0.3, -0.25) is 0 Å². The zero-order valence-corrected chi connectivity index (χ0v) is 39.6. The molecule has 13 rings (SSSR count). The number of aromatic nitrogens is 5. The van der Waals surface area contributed by atoms with Crippen LogP contribution in [0.25, 0.3) is 127 Å². The predicted molar refractivity (Wildman–Crippen MR) is 297 cm³/mol. The van der Waals surface area contributed by atoms with Gasteiger partial charge in [0.1, 0.15) is 0 Å². The second-order valence-electron chi connectivity index (χ2n) is 18.5. The van der Waals surface area contributed by atoms with Crippen molar-refractivity contribution in [3.63, 3.8) is 0 Å². The predicted octanol–water partition coefficient (Wildman–Crippen LogP) is 17.2. The molecule has 0 amide bonds. The Morgan fingerprint density at radius 1 is 0.333 bits per heavy atom. The number of hydrogen-bond donors (Lipinski definition) is 0. The van der Waals surface area contributed by atoms with Crippen LogP contribution in [0, 0.1) is 20.4 Å². The molecule has 0 saturated heterocycles. The number of nitrogens with zero attached hydrogens (tertiary/aromatic N) is 6. The molecule has 6 heteroatoms. The Kier molecular flexibility index (Phi) is 10.2. The van der Waals surface area contributed by atoms with Gasteiger partial charge in [0.15, 0.2) is 23.2 Å². The maximum atomic E-state index is 8.73. The van der Waals surface area contributed by atoms with Crippen LogP contribution >= 0.6 is 0 Å². The van der Waals surface area contributed by atoms with Gasteiger partial charge >= 0.3 is 0 Å². The highest BCUT2D eigenvalue weighted by Gasteiger charge is 2.22. The lowest BCUT2D eigenvalue weighted by Gasteiger charge is -2.18. The average molecular weight is 921 g/mol. The van der Waals surface area contributed by atoms with E-state index in [2.05, 4.69) is 192 Å². The molecule has 13 aromatic rings. The van der Waals surface area contributed by atoms with Gasteiger partial charge in [0.05, 0.1) is 34.3 Å². The second kappa shape index (κ2) is 17.4. The Labute approximate surface area is 417 Å². The number of hydrogen-bond acceptors (Lipinski definition) is 3. The summed E-state index contributed by atoms with van der Waals surface area (Å²) in [6, 6.07) is 81.0. The van der Waals surface area contributed by atoms with Crippen molar-refractivity contribution in [1.29, 1.82) is 0 Å². The molecule has 0 atom stereocenters. The Morgan fingerprint density at radius 3 is 1.32 bits per heavy atom. The van der Waals surface area contributed by atoms with Crippen LogP contribution in [0.5, 0.6) is 0 Å². The van der Waals surface area contributed by atoms with Crippen LogP contribution in [0.3, 0.4) is 0 Å². The molecular formula is C66H44N6. The lowest BCUT2D eigenvalue weighted by Crippen LogP contribution is -2.02. The number of fused-ring (bicyclic) bond motifs is 6. The summed E-state index contributed by atoms with van der Waals surface area (Å²) in [6.07, 6.45) is 0. The second-order valence-corrected chi connectivity index (χ2v) is 18.5. The number of rotatable bonds is 8. The molecule has 0 N–H and O–H groups in total. The molecule has 6 nitrogen and oxygen atoms in total. The van der Waals surface area contributed by atoms with E-state index in [9.17, 15) is 0 Å². The molecule has 3 heterocycles. The van der Waals surface area contributed by atoms with Gasteiger partial charge in [-0.1, -0.05) is 175 Å². The fourth-order valence-corrected chi connectivity index (χ4v) is 10.3. The summed E-state index contributed by atoms with van der Waals surface area (Å²) >= 11 is 0. The normalized spacial score (nSPS) is 11.5. The maximum absolute atomic E-state index is 8.73. The number of benzene rings is 10. The summed E-state index contributed by atoms with van der Waals surface area (Å²) < 4.78 is 4.69. The molecule has 338 valence electrons. The summed E-state index contributed by atoms with van der Waals surface area (Å²) in [7, 11) is 0. The van der Waals surface area contributed by atoms with Gasteiger partial charge < -0.3 is 9.13 Å². The third-order valence-corrected chi connectivity index (χ3v) is 14.0. The van der Waals surface area contributed by atoms with Gasteiger partial charge in [0.25, 0.3) is 0 Å². The van der Waals surface area contributed by atoms with Crippen molar-refractivity contribution in [2.45, 2.75) is 13.8 Å². The summed E-state index contributed by atoms with van der Waals surface area (Å²) in [4.78, 5) is 19.6. The van der Waals surface area contributed by atoms with Crippen molar-refractivity contribution in [1.82, 2.24) is 24.1 Å². The molecule has 0 aliphatic carbocycles. The lowest BCUT2D eigenvalue weighted by atomic mass is 9.97. The molecule has 0 saturated carbocycles. The summed E-state index contributed by atoms with van der Waals surface area (Å²) in [5.74, 6) is 1.70. The zero-order chi connectivity index (χ0) is 48.3. The van der Waals surface area contributed by atoms with Crippen LogP contribution < -0.4 is 0 Å². The average Bonchev–Trinajstić information content (AvgIpc) is 3.95. The molecule has 0 aliphatic heterocycles. The van der Waals surface area contributed by atoms with E-state index in [4.69, 9.17) is 21.5 Å². The van der Waals surface area contributed by atoms with Crippen molar-refractivity contribution in [3.05, 3.63) is 253 Å². The molecule has 0 aliphatic rings. The fraction of sp³-hybridized carbons (Fsp3) is 0.0303. The molecule has 10 aromatic carbocycles. The van der Waals surface area contributed by atoms with Crippen molar-refractivity contribution in [3.8, 4) is 78.9 Å². The third-order valence-electron chi connectivity index (χ3n) is 14.0. The van der Waals surface area contributed by atoms with Gasteiger partial charge in [-0.2, -0.15) is 0 Å². The minimum Gasteiger partial charge on any atom is -0.309 e. The van der Waals surface area contributed by atoms with Gasteiger partial charge in [-0.25, -0.2) is 19.8 Å². The monoisotopic (exact) mass is 920 g/mol. The molecule has 0 fully saturated rings. The minimum absolute atomic E-state index is 0.535. The van der Waals surface area contributed by atoms with Crippen molar-refractivity contribution in [2.24, 2.45) is 0 Å². The lowest BCUT2D eigenvalue weighted by molar-refractivity contribution is 1.07. The highest BCUT2D eigenvalue weighted by atomic mass is 15.0. The van der Waals surface area contributed by atoms with Gasteiger partial charge in [0.2, 0.25) is 0 Å². The highest BCUT2D eigenvalue weighted by Crippen LogP contribution is 2.44. The van der Waals surface area contributed by atoms with Crippen molar-refractivity contribution >= 4 is 49.3 Å². The molecule has 0 spiro atoms. The van der Waals surface area contributed by atoms with Crippen molar-refractivity contribution in [2.75, 3.05) is 0 Å². The number of para-hydroxylation sites is 2.